The Morgan fingerprint density at radius 1 is 1.10 bits per heavy atom. The molecule has 1 aromatic heterocycles. The maximum absolute atomic E-state index is 14.9. The van der Waals surface area contributed by atoms with Gasteiger partial charge in [0.2, 0.25) is 0 Å². The van der Waals surface area contributed by atoms with E-state index in [1.165, 1.54) is 5.82 Å². The monoisotopic (exact) mass is 424 g/mol. The van der Waals surface area contributed by atoms with Crippen LogP contribution < -0.4 is 0 Å². The Balaban J connectivity index is 1.35. The highest BCUT2D eigenvalue weighted by atomic mass is 19.1. The topological polar surface area (TPSA) is 38.2 Å². The van der Waals surface area contributed by atoms with Crippen molar-refractivity contribution in [2.24, 2.45) is 4.99 Å². The van der Waals surface area contributed by atoms with E-state index in [2.05, 4.69) is 69.9 Å². The van der Waals surface area contributed by atoms with E-state index in [1.807, 2.05) is 12.3 Å². The van der Waals surface area contributed by atoms with Crippen LogP contribution >= 0.6 is 0 Å². The van der Waals surface area contributed by atoms with Crippen LogP contribution in [0.3, 0.4) is 0 Å². The summed E-state index contributed by atoms with van der Waals surface area (Å²) >= 11 is 0. The third kappa shape index (κ3) is 3.89. The Bertz CT molecular complexity index is 903. The van der Waals surface area contributed by atoms with Crippen molar-refractivity contribution in [3.05, 3.63) is 53.6 Å². The maximum atomic E-state index is 14.9. The predicted molar refractivity (Wildman–Crippen MR) is 122 cm³/mol. The van der Waals surface area contributed by atoms with Crippen LogP contribution in [0.2, 0.25) is 0 Å². The first-order valence-electron chi connectivity index (χ1n) is 11.5. The fraction of sp³-hybridized carbons (Fsp3) is 0.583. The second kappa shape index (κ2) is 8.36. The molecular formula is C24H33FN6. The van der Waals surface area contributed by atoms with Gasteiger partial charge >= 0.3 is 0 Å². The number of aromatic nitrogens is 1. The van der Waals surface area contributed by atoms with Crippen LogP contribution in [-0.4, -0.2) is 95.5 Å². The number of likely N-dealkylation sites (N-methyl/N-ethyl adjacent to an activating group) is 2. The van der Waals surface area contributed by atoms with Crippen LogP contribution in [0, 0.1) is 6.92 Å². The van der Waals surface area contributed by atoms with E-state index in [0.717, 1.165) is 49.8 Å². The summed E-state index contributed by atoms with van der Waals surface area (Å²) in [7, 11) is 4.30. The Morgan fingerprint density at radius 3 is 2.68 bits per heavy atom. The Hall–Kier alpha value is -2.25. The number of amidine groups is 1. The van der Waals surface area contributed by atoms with Crippen molar-refractivity contribution < 1.29 is 4.39 Å². The smallest absolute Gasteiger partial charge is 0.129 e. The summed E-state index contributed by atoms with van der Waals surface area (Å²) in [5, 5.41) is 0. The SMILES string of the molecule is Cc1cccnc1[C@@H]1C[C@H](F)C[C@H](C2CN3C(N4CCN(C)CC4)=CC=CC3=N2)N1C. The zero-order chi connectivity index (χ0) is 21.5. The van der Waals surface area contributed by atoms with Crippen LogP contribution in [0.25, 0.3) is 0 Å². The standard InChI is InChI=1S/C24H33FN6/c1-17-6-5-9-26-24(17)21-15-18(25)14-20(29(21)3)19-16-31-22(27-19)7-4-8-23(31)30-12-10-28(2)11-13-30/h4-9,18-21H,10-16H2,1-3H3/t18-,19?,20-,21+/m1/s1. The molecule has 5 heterocycles. The lowest BCUT2D eigenvalue weighted by molar-refractivity contribution is 0.0424. The molecule has 0 radical (unpaired) electrons. The summed E-state index contributed by atoms with van der Waals surface area (Å²) in [6, 6.07) is 4.14. The summed E-state index contributed by atoms with van der Waals surface area (Å²) < 4.78 is 14.9. The second-order valence-electron chi connectivity index (χ2n) is 9.36. The fourth-order valence-corrected chi connectivity index (χ4v) is 5.48. The van der Waals surface area contributed by atoms with Gasteiger partial charge in [-0.25, -0.2) is 4.39 Å². The molecule has 0 N–H and O–H groups in total. The molecule has 0 aliphatic carbocycles. The number of nitrogens with zero attached hydrogens (tertiary/aromatic N) is 6. The van der Waals surface area contributed by atoms with Crippen molar-refractivity contribution in [1.82, 2.24) is 24.6 Å². The fourth-order valence-electron chi connectivity index (χ4n) is 5.48. The third-order valence-corrected chi connectivity index (χ3v) is 7.34. The lowest BCUT2D eigenvalue weighted by Gasteiger charge is -2.43. The Kier molecular flexibility index (Phi) is 5.56. The van der Waals surface area contributed by atoms with Crippen LogP contribution in [0.15, 0.2) is 47.4 Å². The van der Waals surface area contributed by atoms with Crippen molar-refractivity contribution in [3.8, 4) is 0 Å². The number of likely N-dealkylation sites (tertiary alicyclic amines) is 1. The van der Waals surface area contributed by atoms with Crippen LogP contribution in [0.5, 0.6) is 0 Å². The molecule has 5 rings (SSSR count). The molecule has 7 heteroatoms. The summed E-state index contributed by atoms with van der Waals surface area (Å²) in [6.07, 6.45) is 8.43. The second-order valence-corrected chi connectivity index (χ2v) is 9.36. The first-order chi connectivity index (χ1) is 15.0. The van der Waals surface area contributed by atoms with Gasteiger partial charge in [-0.1, -0.05) is 12.1 Å². The number of hydrogen-bond acceptors (Lipinski definition) is 6. The number of pyridine rings is 1. The van der Waals surface area contributed by atoms with Crippen LogP contribution in [0.1, 0.15) is 30.1 Å². The number of rotatable bonds is 3. The van der Waals surface area contributed by atoms with E-state index in [-0.39, 0.29) is 18.1 Å². The minimum absolute atomic E-state index is 0.00374. The molecule has 4 aliphatic heterocycles. The molecule has 4 atom stereocenters. The Morgan fingerprint density at radius 2 is 1.90 bits per heavy atom. The molecule has 0 spiro atoms. The van der Waals surface area contributed by atoms with Gasteiger partial charge in [0.05, 0.1) is 17.8 Å². The van der Waals surface area contributed by atoms with E-state index >= 15 is 0 Å². The Labute approximate surface area is 184 Å². The van der Waals surface area contributed by atoms with Gasteiger partial charge < -0.3 is 14.7 Å². The molecule has 0 saturated carbocycles. The third-order valence-electron chi connectivity index (χ3n) is 7.34. The number of fused-ring (bicyclic) bond motifs is 1. The molecule has 0 bridgehead atoms. The van der Waals surface area contributed by atoms with E-state index in [9.17, 15) is 4.39 Å². The average molecular weight is 425 g/mol. The highest BCUT2D eigenvalue weighted by molar-refractivity contribution is 5.97. The van der Waals surface area contributed by atoms with Crippen molar-refractivity contribution in [2.45, 2.75) is 44.1 Å². The quantitative estimate of drug-likeness (QED) is 0.746. The summed E-state index contributed by atoms with van der Waals surface area (Å²) in [5.41, 5.74) is 2.13. The summed E-state index contributed by atoms with van der Waals surface area (Å²) in [6.45, 7) is 7.09. The molecule has 2 saturated heterocycles. The number of piperidine rings is 1. The number of alkyl halides is 1. The molecule has 2 fully saturated rings. The highest BCUT2D eigenvalue weighted by Crippen LogP contribution is 2.38. The van der Waals surface area contributed by atoms with Crippen molar-refractivity contribution in [2.75, 3.05) is 46.8 Å². The number of halogens is 1. The van der Waals surface area contributed by atoms with Gasteiger partial charge in [-0.2, -0.15) is 0 Å². The number of hydrogen-bond donors (Lipinski definition) is 0. The number of aliphatic imine (C=N–C) groups is 1. The molecule has 0 aromatic carbocycles. The van der Waals surface area contributed by atoms with Gasteiger partial charge in [0.15, 0.2) is 0 Å². The number of aryl methyl sites for hydroxylation is 1. The number of piperazine rings is 1. The van der Waals surface area contributed by atoms with Crippen LogP contribution in [-0.2, 0) is 0 Å². The van der Waals surface area contributed by atoms with Gasteiger partial charge in [0, 0.05) is 45.0 Å². The van der Waals surface area contributed by atoms with E-state index in [0.29, 0.717) is 12.8 Å². The molecule has 1 unspecified atom stereocenters. The van der Waals surface area contributed by atoms with Gasteiger partial charge in [-0.05, 0) is 57.6 Å². The van der Waals surface area contributed by atoms with Gasteiger partial charge in [0.1, 0.15) is 17.8 Å². The van der Waals surface area contributed by atoms with Crippen molar-refractivity contribution >= 4 is 5.84 Å². The predicted octanol–water partition coefficient (Wildman–Crippen LogP) is 2.60. The zero-order valence-electron chi connectivity index (χ0n) is 18.8. The molecule has 1 aromatic rings. The van der Waals surface area contributed by atoms with Crippen molar-refractivity contribution in [1.29, 1.82) is 0 Å². The molecule has 4 aliphatic rings. The zero-order valence-corrected chi connectivity index (χ0v) is 18.8. The molecule has 166 valence electrons. The highest BCUT2D eigenvalue weighted by Gasteiger charge is 2.43. The summed E-state index contributed by atoms with van der Waals surface area (Å²) in [4.78, 5) is 19.2. The minimum Gasteiger partial charge on any atom is -0.355 e. The van der Waals surface area contributed by atoms with Gasteiger partial charge in [-0.3, -0.25) is 14.9 Å². The maximum Gasteiger partial charge on any atom is 0.129 e. The number of allylic oxidation sites excluding steroid dienone is 2. The summed E-state index contributed by atoms with van der Waals surface area (Å²) in [5.74, 6) is 2.26. The minimum atomic E-state index is -0.825. The van der Waals surface area contributed by atoms with Crippen LogP contribution in [0.4, 0.5) is 4.39 Å². The van der Waals surface area contributed by atoms with E-state index in [1.54, 1.807) is 0 Å². The van der Waals surface area contributed by atoms with Gasteiger partial charge in [-0.15, -0.1) is 0 Å². The molecule has 6 nitrogen and oxygen atoms in total. The van der Waals surface area contributed by atoms with E-state index in [4.69, 9.17) is 4.99 Å². The normalized spacial score (nSPS) is 32.1. The lowest BCUT2D eigenvalue weighted by Crippen LogP contribution is -2.51. The first-order valence-corrected chi connectivity index (χ1v) is 11.5. The molecule has 31 heavy (non-hydrogen) atoms. The molecular weight excluding hydrogens is 391 g/mol. The van der Waals surface area contributed by atoms with Crippen molar-refractivity contribution in [3.63, 3.8) is 0 Å². The van der Waals surface area contributed by atoms with E-state index < -0.39 is 6.17 Å². The molecule has 0 amide bonds. The average Bonchev–Trinajstić information content (AvgIpc) is 3.20. The first kappa shape index (κ1) is 20.6. The van der Waals surface area contributed by atoms with Gasteiger partial charge in [0.25, 0.3) is 0 Å². The largest absolute Gasteiger partial charge is 0.355 e. The lowest BCUT2D eigenvalue weighted by atomic mass is 9.88.